The van der Waals surface area contributed by atoms with E-state index in [1.54, 1.807) is 0 Å². The molecule has 0 aliphatic heterocycles. The maximum atomic E-state index is 10.0. The van der Waals surface area contributed by atoms with Crippen LogP contribution in [0.4, 0.5) is 0 Å². The van der Waals surface area contributed by atoms with Crippen LogP contribution in [0.1, 0.15) is 50.5 Å². The van der Waals surface area contributed by atoms with Crippen molar-refractivity contribution in [1.82, 2.24) is 5.32 Å². The minimum Gasteiger partial charge on any atom is -0.355 e. The number of amides is 1. The highest BCUT2D eigenvalue weighted by Crippen LogP contribution is 2.10. The summed E-state index contributed by atoms with van der Waals surface area (Å²) in [6.07, 6.45) is 15.2. The number of hydrogen-bond acceptors (Lipinski definition) is 1. The summed E-state index contributed by atoms with van der Waals surface area (Å²) < 4.78 is 0. The smallest absolute Gasteiger partial charge is 0.207 e. The van der Waals surface area contributed by atoms with Gasteiger partial charge in [0.05, 0.1) is 0 Å². The van der Waals surface area contributed by atoms with E-state index in [4.69, 9.17) is 0 Å². The fraction of sp³-hybridized carbons (Fsp3) is 0.500. The molecule has 0 radical (unpaired) electrons. The van der Waals surface area contributed by atoms with Gasteiger partial charge in [-0.1, -0.05) is 68.2 Å². The average molecular weight is 273 g/mol. The first-order valence-electron chi connectivity index (χ1n) is 7.79. The van der Waals surface area contributed by atoms with Gasteiger partial charge in [-0.05, 0) is 31.2 Å². The summed E-state index contributed by atoms with van der Waals surface area (Å²) >= 11 is 0. The molecule has 0 aliphatic carbocycles. The summed E-state index contributed by atoms with van der Waals surface area (Å²) in [4.78, 5) is 10.0. The first kappa shape index (κ1) is 16.5. The van der Waals surface area contributed by atoms with Crippen LogP contribution in [0.3, 0.4) is 0 Å². The second-order valence-electron chi connectivity index (χ2n) is 5.14. The Kier molecular flexibility index (Phi) is 10.3. The first-order chi connectivity index (χ1) is 9.93. The van der Waals surface area contributed by atoms with Crippen LogP contribution in [-0.4, -0.2) is 13.0 Å². The van der Waals surface area contributed by atoms with Crippen molar-refractivity contribution in [1.29, 1.82) is 0 Å². The molecule has 1 rings (SSSR count). The SMILES string of the molecule is O=CNC/C=C/CCCCCCCCc1ccccc1. The van der Waals surface area contributed by atoms with E-state index in [1.165, 1.54) is 50.5 Å². The molecule has 1 aromatic rings. The lowest BCUT2D eigenvalue weighted by Crippen LogP contribution is -2.09. The van der Waals surface area contributed by atoms with Crippen molar-refractivity contribution in [3.63, 3.8) is 0 Å². The molecule has 0 aromatic heterocycles. The third-order valence-corrected chi connectivity index (χ3v) is 3.41. The molecule has 1 amide bonds. The Morgan fingerprint density at radius 2 is 1.55 bits per heavy atom. The van der Waals surface area contributed by atoms with Crippen molar-refractivity contribution in [2.75, 3.05) is 6.54 Å². The first-order valence-corrected chi connectivity index (χ1v) is 7.79. The van der Waals surface area contributed by atoms with Crippen LogP contribution in [0, 0.1) is 0 Å². The number of unbranched alkanes of at least 4 members (excludes halogenated alkanes) is 6. The van der Waals surface area contributed by atoms with Crippen LogP contribution < -0.4 is 5.32 Å². The van der Waals surface area contributed by atoms with Gasteiger partial charge in [0.25, 0.3) is 0 Å². The molecule has 0 spiro atoms. The molecule has 0 heterocycles. The fourth-order valence-corrected chi connectivity index (χ4v) is 2.26. The van der Waals surface area contributed by atoms with Crippen LogP contribution in [0.5, 0.6) is 0 Å². The second-order valence-corrected chi connectivity index (χ2v) is 5.14. The Morgan fingerprint density at radius 1 is 0.850 bits per heavy atom. The molecule has 110 valence electrons. The highest BCUT2D eigenvalue weighted by Gasteiger charge is 1.93. The van der Waals surface area contributed by atoms with Crippen LogP contribution in [0.15, 0.2) is 42.5 Å². The lowest BCUT2D eigenvalue weighted by Gasteiger charge is -2.02. The molecule has 0 saturated heterocycles. The van der Waals surface area contributed by atoms with Crippen molar-refractivity contribution in [2.45, 2.75) is 51.4 Å². The van der Waals surface area contributed by atoms with Gasteiger partial charge in [-0.25, -0.2) is 0 Å². The van der Waals surface area contributed by atoms with Crippen LogP contribution in [0.2, 0.25) is 0 Å². The minimum atomic E-state index is 0.656. The van der Waals surface area contributed by atoms with Gasteiger partial charge in [-0.3, -0.25) is 4.79 Å². The minimum absolute atomic E-state index is 0.656. The summed E-state index contributed by atoms with van der Waals surface area (Å²) in [5, 5.41) is 2.62. The zero-order chi connectivity index (χ0) is 14.3. The third kappa shape index (κ3) is 9.37. The van der Waals surface area contributed by atoms with E-state index in [9.17, 15) is 4.79 Å². The number of hydrogen-bond donors (Lipinski definition) is 1. The van der Waals surface area contributed by atoms with Crippen molar-refractivity contribution < 1.29 is 4.79 Å². The summed E-state index contributed by atoms with van der Waals surface area (Å²) in [7, 11) is 0. The summed E-state index contributed by atoms with van der Waals surface area (Å²) in [6.45, 7) is 0.656. The molecule has 0 fully saturated rings. The highest BCUT2D eigenvalue weighted by molar-refractivity contribution is 5.46. The van der Waals surface area contributed by atoms with Gasteiger partial charge in [0, 0.05) is 6.54 Å². The normalized spacial score (nSPS) is 10.8. The lowest BCUT2D eigenvalue weighted by molar-refractivity contribution is -0.109. The highest BCUT2D eigenvalue weighted by atomic mass is 16.1. The van der Waals surface area contributed by atoms with Gasteiger partial charge in [0.1, 0.15) is 0 Å². The maximum absolute atomic E-state index is 10.0. The van der Waals surface area contributed by atoms with Gasteiger partial charge in [0.2, 0.25) is 6.41 Å². The van der Waals surface area contributed by atoms with E-state index in [2.05, 4.69) is 41.7 Å². The molecular weight excluding hydrogens is 246 g/mol. The van der Waals surface area contributed by atoms with Gasteiger partial charge in [-0.2, -0.15) is 0 Å². The summed E-state index contributed by atoms with van der Waals surface area (Å²) in [6, 6.07) is 10.7. The molecular formula is C18H27NO. The van der Waals surface area contributed by atoms with Crippen LogP contribution in [0.25, 0.3) is 0 Å². The monoisotopic (exact) mass is 273 g/mol. The standard InChI is InChI=1S/C18H27NO/c20-17-19-16-12-7-5-3-1-2-4-6-9-13-18-14-10-8-11-15-18/h7-8,10-12,14-15,17H,1-6,9,13,16H2,(H,19,20)/b12-7+. The number of benzene rings is 1. The van der Waals surface area contributed by atoms with E-state index < -0.39 is 0 Å². The van der Waals surface area contributed by atoms with Crippen molar-refractivity contribution in [3.05, 3.63) is 48.0 Å². The topological polar surface area (TPSA) is 29.1 Å². The predicted octanol–water partition coefficient (Wildman–Crippen LogP) is 4.26. The van der Waals surface area contributed by atoms with Crippen LogP contribution >= 0.6 is 0 Å². The fourth-order valence-electron chi connectivity index (χ4n) is 2.26. The van der Waals surface area contributed by atoms with E-state index in [-0.39, 0.29) is 0 Å². The maximum Gasteiger partial charge on any atom is 0.207 e. The number of nitrogens with one attached hydrogen (secondary N) is 1. The number of allylic oxidation sites excluding steroid dienone is 1. The largest absolute Gasteiger partial charge is 0.355 e. The molecule has 20 heavy (non-hydrogen) atoms. The van der Waals surface area contributed by atoms with Gasteiger partial charge in [0.15, 0.2) is 0 Å². The number of carbonyl (C=O) groups excluding carboxylic acids is 1. The van der Waals surface area contributed by atoms with Gasteiger partial charge >= 0.3 is 0 Å². The molecule has 1 aromatic carbocycles. The number of aryl methyl sites for hydroxylation is 1. The predicted molar refractivity (Wildman–Crippen MR) is 85.7 cm³/mol. The molecule has 2 heteroatoms. The van der Waals surface area contributed by atoms with Crippen molar-refractivity contribution >= 4 is 6.41 Å². The Hall–Kier alpha value is -1.57. The van der Waals surface area contributed by atoms with Crippen molar-refractivity contribution in [2.24, 2.45) is 0 Å². The number of carbonyl (C=O) groups is 1. The Labute approximate surface area is 123 Å². The average Bonchev–Trinajstić information content (AvgIpc) is 2.49. The van der Waals surface area contributed by atoms with E-state index in [1.807, 2.05) is 6.08 Å². The zero-order valence-electron chi connectivity index (χ0n) is 12.4. The molecule has 2 nitrogen and oxygen atoms in total. The summed E-state index contributed by atoms with van der Waals surface area (Å²) in [5.41, 5.74) is 1.46. The molecule has 0 bridgehead atoms. The second kappa shape index (κ2) is 12.5. The molecule has 0 saturated carbocycles. The molecule has 0 unspecified atom stereocenters. The lowest BCUT2D eigenvalue weighted by atomic mass is 10.0. The number of rotatable bonds is 12. The summed E-state index contributed by atoms with van der Waals surface area (Å²) in [5.74, 6) is 0. The zero-order valence-corrected chi connectivity index (χ0v) is 12.4. The van der Waals surface area contributed by atoms with E-state index in [0.29, 0.717) is 6.54 Å². The van der Waals surface area contributed by atoms with E-state index >= 15 is 0 Å². The van der Waals surface area contributed by atoms with Gasteiger partial charge < -0.3 is 5.32 Å². The Balaban J connectivity index is 1.83. The quantitative estimate of drug-likeness (QED) is 0.344. The Bertz CT molecular complexity index is 359. The van der Waals surface area contributed by atoms with Gasteiger partial charge in [-0.15, -0.1) is 0 Å². The molecule has 0 atom stereocenters. The Morgan fingerprint density at radius 3 is 2.30 bits per heavy atom. The molecule has 0 aliphatic rings. The molecule has 1 N–H and O–H groups in total. The van der Waals surface area contributed by atoms with Crippen molar-refractivity contribution in [3.8, 4) is 0 Å². The van der Waals surface area contributed by atoms with E-state index in [0.717, 1.165) is 12.8 Å². The third-order valence-electron chi connectivity index (χ3n) is 3.41. The van der Waals surface area contributed by atoms with Crippen LogP contribution in [-0.2, 0) is 11.2 Å².